The number of halogens is 2. The minimum Gasteiger partial charge on any atom is -0.245 e. The van der Waals surface area contributed by atoms with Gasteiger partial charge in [0, 0.05) is 4.47 Å². The molecule has 2 rings (SSSR count). The smallest absolute Gasteiger partial charge is 0.171 e. The van der Waals surface area contributed by atoms with Crippen LogP contribution in [0, 0.1) is 0 Å². The van der Waals surface area contributed by atoms with Crippen LogP contribution in [0.5, 0.6) is 0 Å². The fourth-order valence-corrected chi connectivity index (χ4v) is 1.68. The van der Waals surface area contributed by atoms with Crippen LogP contribution in [0.15, 0.2) is 29.0 Å². The molecule has 0 fully saturated rings. The number of imidazole rings is 1. The van der Waals surface area contributed by atoms with Gasteiger partial charge in [-0.2, -0.15) is 0 Å². The van der Waals surface area contributed by atoms with Crippen molar-refractivity contribution in [1.29, 1.82) is 0 Å². The molecule has 0 unspecified atom stereocenters. The van der Waals surface area contributed by atoms with Crippen LogP contribution in [0.3, 0.4) is 0 Å². The molecule has 0 spiro atoms. The van der Waals surface area contributed by atoms with Crippen molar-refractivity contribution in [3.63, 3.8) is 0 Å². The molecule has 2 nitrogen and oxygen atoms in total. The lowest BCUT2D eigenvalue weighted by Gasteiger charge is -1.93. The molecule has 0 aliphatic carbocycles. The van der Waals surface area contributed by atoms with E-state index < -0.39 is 0 Å². The molecule has 12 heavy (non-hydrogen) atoms. The zero-order valence-electron chi connectivity index (χ0n) is 5.87. The first-order valence-electron chi connectivity index (χ1n) is 3.23. The maximum Gasteiger partial charge on any atom is 0.171 e. The summed E-state index contributed by atoms with van der Waals surface area (Å²) in [7, 11) is 0. The van der Waals surface area contributed by atoms with Crippen LogP contribution in [0.4, 0.5) is 3.89 Å². The summed E-state index contributed by atoms with van der Waals surface area (Å²) in [5.41, 5.74) is 1.57. The normalized spacial score (nSPS) is 10.8. The summed E-state index contributed by atoms with van der Waals surface area (Å²) in [6, 6.07) is 5.53. The van der Waals surface area contributed by atoms with E-state index in [1.54, 1.807) is 0 Å². The standard InChI is InChI=1S/C7H4BrFN2S/c8-5-1-2-7-6(3-5)10-4-11(7)12-9/h1-4H. The van der Waals surface area contributed by atoms with Gasteiger partial charge in [-0.25, -0.2) is 8.96 Å². The highest BCUT2D eigenvalue weighted by Crippen LogP contribution is 2.22. The van der Waals surface area contributed by atoms with Gasteiger partial charge in [-0.05, 0) is 18.2 Å². The van der Waals surface area contributed by atoms with Crippen LogP contribution in [0.1, 0.15) is 0 Å². The number of nitrogens with zero attached hydrogens (tertiary/aromatic N) is 2. The number of aromatic nitrogens is 2. The third-order valence-electron chi connectivity index (χ3n) is 1.55. The predicted molar refractivity (Wildman–Crippen MR) is 51.5 cm³/mol. The lowest BCUT2D eigenvalue weighted by Crippen LogP contribution is -1.77. The minimum atomic E-state index is 0.150. The lowest BCUT2D eigenvalue weighted by molar-refractivity contribution is 0.919. The maximum atomic E-state index is 12.2. The average Bonchev–Trinajstić information content (AvgIpc) is 2.46. The van der Waals surface area contributed by atoms with Gasteiger partial charge in [0.05, 0.1) is 11.0 Å². The monoisotopic (exact) mass is 246 g/mol. The quantitative estimate of drug-likeness (QED) is 0.770. The Labute approximate surface area is 81.3 Å². The molecular formula is C7H4BrFN2S. The summed E-state index contributed by atoms with van der Waals surface area (Å²) in [4.78, 5) is 4.02. The summed E-state index contributed by atoms with van der Waals surface area (Å²) < 4.78 is 14.5. The highest BCUT2D eigenvalue weighted by atomic mass is 79.9. The topological polar surface area (TPSA) is 17.8 Å². The van der Waals surface area contributed by atoms with Crippen molar-refractivity contribution in [2.75, 3.05) is 0 Å². The molecule has 0 N–H and O–H groups in total. The van der Waals surface area contributed by atoms with E-state index in [0.29, 0.717) is 0 Å². The van der Waals surface area contributed by atoms with Crippen LogP contribution >= 0.6 is 28.3 Å². The number of rotatable bonds is 1. The van der Waals surface area contributed by atoms with Crippen molar-refractivity contribution < 1.29 is 3.89 Å². The van der Waals surface area contributed by atoms with Crippen LogP contribution in [0.2, 0.25) is 0 Å². The summed E-state index contributed by atoms with van der Waals surface area (Å²) in [6.45, 7) is 0. The van der Waals surface area contributed by atoms with Crippen molar-refractivity contribution >= 4 is 39.3 Å². The molecule has 0 bridgehead atoms. The Morgan fingerprint density at radius 3 is 3.08 bits per heavy atom. The van der Waals surface area contributed by atoms with Crippen LogP contribution in [0.25, 0.3) is 11.0 Å². The van der Waals surface area contributed by atoms with Gasteiger partial charge in [0.25, 0.3) is 0 Å². The van der Waals surface area contributed by atoms with Crippen molar-refractivity contribution in [2.45, 2.75) is 0 Å². The van der Waals surface area contributed by atoms with E-state index in [1.807, 2.05) is 18.2 Å². The Hall–Kier alpha value is -0.550. The van der Waals surface area contributed by atoms with Gasteiger partial charge in [-0.15, -0.1) is 3.89 Å². The van der Waals surface area contributed by atoms with Crippen molar-refractivity contribution in [3.05, 3.63) is 29.0 Å². The van der Waals surface area contributed by atoms with Crippen molar-refractivity contribution in [3.8, 4) is 0 Å². The van der Waals surface area contributed by atoms with Crippen LogP contribution < -0.4 is 0 Å². The summed E-state index contributed by atoms with van der Waals surface area (Å²) in [5.74, 6) is 0. The van der Waals surface area contributed by atoms with Gasteiger partial charge in [0.15, 0.2) is 12.3 Å². The Balaban J connectivity index is 2.73. The Morgan fingerprint density at radius 1 is 1.50 bits per heavy atom. The first-order valence-corrected chi connectivity index (χ1v) is 4.69. The van der Waals surface area contributed by atoms with E-state index in [9.17, 15) is 3.89 Å². The third kappa shape index (κ3) is 1.23. The van der Waals surface area contributed by atoms with Crippen LogP contribution in [-0.2, 0) is 0 Å². The van der Waals surface area contributed by atoms with Crippen LogP contribution in [-0.4, -0.2) is 8.96 Å². The second kappa shape index (κ2) is 3.06. The predicted octanol–water partition coefficient (Wildman–Crippen LogP) is 3.18. The molecule has 0 saturated carbocycles. The largest absolute Gasteiger partial charge is 0.245 e. The molecule has 0 amide bonds. The van der Waals surface area contributed by atoms with Gasteiger partial charge in [-0.1, -0.05) is 15.9 Å². The Kier molecular flexibility index (Phi) is 2.06. The molecule has 0 aliphatic rings. The highest BCUT2D eigenvalue weighted by Gasteiger charge is 2.02. The molecular weight excluding hydrogens is 243 g/mol. The number of hydrogen-bond acceptors (Lipinski definition) is 2. The lowest BCUT2D eigenvalue weighted by atomic mass is 10.3. The highest BCUT2D eigenvalue weighted by molar-refractivity contribution is 9.10. The van der Waals surface area contributed by atoms with E-state index in [2.05, 4.69) is 20.9 Å². The maximum absolute atomic E-state index is 12.2. The van der Waals surface area contributed by atoms with E-state index in [1.165, 1.54) is 10.3 Å². The SMILES string of the molecule is FSn1cnc2cc(Br)ccc21. The molecule has 0 radical (unpaired) electrons. The number of hydrogen-bond donors (Lipinski definition) is 0. The van der Waals surface area contributed by atoms with Crippen molar-refractivity contribution in [2.24, 2.45) is 0 Å². The molecule has 0 aliphatic heterocycles. The van der Waals surface area contributed by atoms with E-state index in [4.69, 9.17) is 0 Å². The molecule has 0 atom stereocenters. The summed E-state index contributed by atoms with van der Waals surface area (Å²) in [5, 5.41) is 0. The van der Waals surface area contributed by atoms with Crippen molar-refractivity contribution in [1.82, 2.24) is 8.96 Å². The molecule has 1 heterocycles. The van der Waals surface area contributed by atoms with Gasteiger partial charge in [0.2, 0.25) is 0 Å². The third-order valence-corrected chi connectivity index (χ3v) is 2.48. The first kappa shape index (κ1) is 8.07. The molecule has 1 aromatic carbocycles. The molecule has 5 heteroatoms. The zero-order chi connectivity index (χ0) is 8.55. The molecule has 1 aromatic heterocycles. The summed E-state index contributed by atoms with van der Waals surface area (Å²) in [6.07, 6.45) is 1.46. The molecule has 2 aromatic rings. The second-order valence-corrected chi connectivity index (χ2v) is 3.72. The van der Waals surface area contributed by atoms with Gasteiger partial charge in [-0.3, -0.25) is 0 Å². The Bertz CT molecular complexity index is 415. The number of fused-ring (bicyclic) bond motifs is 1. The molecule has 62 valence electrons. The van der Waals surface area contributed by atoms with Gasteiger partial charge < -0.3 is 0 Å². The fraction of sp³-hybridized carbons (Fsp3) is 0. The molecule has 0 saturated heterocycles. The fourth-order valence-electron chi connectivity index (χ4n) is 1.02. The summed E-state index contributed by atoms with van der Waals surface area (Å²) >= 11 is 3.46. The van der Waals surface area contributed by atoms with Gasteiger partial charge >= 0.3 is 0 Å². The van der Waals surface area contributed by atoms with E-state index in [-0.39, 0.29) is 12.3 Å². The average molecular weight is 247 g/mol. The van der Waals surface area contributed by atoms with Gasteiger partial charge in [0.1, 0.15) is 6.33 Å². The first-order chi connectivity index (χ1) is 5.81. The number of benzene rings is 1. The van der Waals surface area contributed by atoms with E-state index in [0.717, 1.165) is 15.5 Å². The minimum absolute atomic E-state index is 0.150. The second-order valence-electron chi connectivity index (χ2n) is 2.27. The zero-order valence-corrected chi connectivity index (χ0v) is 8.27. The Morgan fingerprint density at radius 2 is 2.33 bits per heavy atom. The van der Waals surface area contributed by atoms with E-state index >= 15 is 0 Å².